The van der Waals surface area contributed by atoms with Crippen LogP contribution in [0.3, 0.4) is 0 Å². The van der Waals surface area contributed by atoms with Gasteiger partial charge in [-0.3, -0.25) is 4.79 Å². The summed E-state index contributed by atoms with van der Waals surface area (Å²) in [5.41, 5.74) is 6.90. The zero-order valence-corrected chi connectivity index (χ0v) is 16.2. The number of hydrogen-bond acceptors (Lipinski definition) is 4. The Balaban J connectivity index is 1.49. The lowest BCUT2D eigenvalue weighted by molar-refractivity contribution is -0.121. The highest BCUT2D eigenvalue weighted by Gasteiger charge is 2.10. The van der Waals surface area contributed by atoms with E-state index in [0.29, 0.717) is 10.7 Å². The summed E-state index contributed by atoms with van der Waals surface area (Å²) in [4.78, 5) is 21.2. The van der Waals surface area contributed by atoms with Crippen LogP contribution < -0.4 is 5.43 Å². The fourth-order valence-electron chi connectivity index (χ4n) is 3.11. The number of aromatic nitrogens is 3. The first-order valence-electron chi connectivity index (χ1n) is 8.82. The monoisotopic (exact) mass is 391 g/mol. The van der Waals surface area contributed by atoms with Gasteiger partial charge in [-0.1, -0.05) is 35.9 Å². The molecule has 0 atom stereocenters. The van der Waals surface area contributed by atoms with Crippen LogP contribution in [0.4, 0.5) is 0 Å². The van der Waals surface area contributed by atoms with Gasteiger partial charge in [0, 0.05) is 10.9 Å². The first-order valence-corrected chi connectivity index (χ1v) is 9.20. The Hall–Kier alpha value is -3.25. The van der Waals surface area contributed by atoms with Crippen molar-refractivity contribution in [3.05, 3.63) is 70.6 Å². The third-order valence-corrected chi connectivity index (χ3v) is 4.80. The van der Waals surface area contributed by atoms with E-state index in [0.717, 1.165) is 33.3 Å². The molecule has 0 unspecified atom stereocenters. The topological polar surface area (TPSA) is 72.2 Å². The molecular formula is C21H18ClN5O. The number of para-hydroxylation sites is 2. The number of amides is 1. The molecule has 7 heteroatoms. The zero-order chi connectivity index (χ0) is 19.7. The van der Waals surface area contributed by atoms with Crippen molar-refractivity contribution in [1.82, 2.24) is 20.0 Å². The van der Waals surface area contributed by atoms with Crippen LogP contribution in [-0.2, 0) is 11.3 Å². The van der Waals surface area contributed by atoms with Crippen molar-refractivity contribution in [2.24, 2.45) is 5.10 Å². The second-order valence-corrected chi connectivity index (χ2v) is 6.95. The maximum Gasteiger partial charge on any atom is 0.260 e. The predicted molar refractivity (Wildman–Crippen MR) is 112 cm³/mol. The molecule has 0 fully saturated rings. The van der Waals surface area contributed by atoms with Crippen LogP contribution >= 0.6 is 11.6 Å². The van der Waals surface area contributed by atoms with Crippen molar-refractivity contribution >= 4 is 45.7 Å². The summed E-state index contributed by atoms with van der Waals surface area (Å²) in [5, 5.41) is 5.34. The number of aryl methyl sites for hydroxylation is 2. The van der Waals surface area contributed by atoms with Crippen molar-refractivity contribution in [3.8, 4) is 0 Å². The molecule has 2 aromatic heterocycles. The van der Waals surface area contributed by atoms with Gasteiger partial charge in [0.15, 0.2) is 0 Å². The van der Waals surface area contributed by atoms with Crippen LogP contribution in [0.1, 0.15) is 17.0 Å². The number of carbonyl (C=O) groups excluding carboxylic acids is 1. The first-order chi connectivity index (χ1) is 13.5. The number of hydrogen-bond donors (Lipinski definition) is 1. The number of halogens is 1. The highest BCUT2D eigenvalue weighted by Crippen LogP contribution is 2.20. The third kappa shape index (κ3) is 3.59. The summed E-state index contributed by atoms with van der Waals surface area (Å²) in [5.74, 6) is 0.528. The Morgan fingerprint density at radius 3 is 2.82 bits per heavy atom. The fraction of sp³-hybridized carbons (Fsp3) is 0.143. The number of imidazole rings is 1. The number of nitrogens with zero attached hydrogens (tertiary/aromatic N) is 4. The smallest absolute Gasteiger partial charge is 0.260 e. The molecule has 140 valence electrons. The Kier molecular flexibility index (Phi) is 4.79. The fourth-order valence-corrected chi connectivity index (χ4v) is 3.30. The largest absolute Gasteiger partial charge is 0.319 e. The number of nitrogens with one attached hydrogen (secondary N) is 1. The lowest BCUT2D eigenvalue weighted by atomic mass is 10.1. The van der Waals surface area contributed by atoms with E-state index < -0.39 is 0 Å². The van der Waals surface area contributed by atoms with Gasteiger partial charge in [0.25, 0.3) is 5.91 Å². The van der Waals surface area contributed by atoms with Crippen LogP contribution in [0.5, 0.6) is 0 Å². The molecule has 2 aromatic carbocycles. The summed E-state index contributed by atoms with van der Waals surface area (Å²) in [6.45, 7) is 4.01. The SMILES string of the molecule is Cc1ccc2cc(/C=N/NC(=O)Cn3c(C)nc4ccccc43)c(Cl)nc2c1. The Morgan fingerprint density at radius 2 is 1.96 bits per heavy atom. The number of fused-ring (bicyclic) bond motifs is 2. The molecule has 0 aliphatic heterocycles. The van der Waals surface area contributed by atoms with Crippen molar-refractivity contribution < 1.29 is 4.79 Å². The van der Waals surface area contributed by atoms with Gasteiger partial charge >= 0.3 is 0 Å². The zero-order valence-electron chi connectivity index (χ0n) is 15.5. The van der Waals surface area contributed by atoms with E-state index in [2.05, 4.69) is 20.5 Å². The molecule has 4 rings (SSSR count). The number of pyridine rings is 1. The average molecular weight is 392 g/mol. The predicted octanol–water partition coefficient (Wildman–Crippen LogP) is 4.01. The Bertz CT molecular complexity index is 1230. The quantitative estimate of drug-likeness (QED) is 0.324. The molecule has 0 spiro atoms. The van der Waals surface area contributed by atoms with Gasteiger partial charge < -0.3 is 4.57 Å². The lowest BCUT2D eigenvalue weighted by Gasteiger charge is -2.06. The molecule has 0 aliphatic rings. The molecule has 0 radical (unpaired) electrons. The van der Waals surface area contributed by atoms with Crippen LogP contribution in [0.25, 0.3) is 21.9 Å². The Morgan fingerprint density at radius 1 is 1.14 bits per heavy atom. The lowest BCUT2D eigenvalue weighted by Crippen LogP contribution is -2.23. The minimum Gasteiger partial charge on any atom is -0.319 e. The highest BCUT2D eigenvalue weighted by atomic mass is 35.5. The second kappa shape index (κ2) is 7.40. The van der Waals surface area contributed by atoms with E-state index in [4.69, 9.17) is 11.6 Å². The van der Waals surface area contributed by atoms with Crippen LogP contribution in [0.2, 0.25) is 5.15 Å². The number of hydrazone groups is 1. The van der Waals surface area contributed by atoms with Gasteiger partial charge in [0.05, 0.1) is 22.8 Å². The molecule has 28 heavy (non-hydrogen) atoms. The van der Waals surface area contributed by atoms with Crippen molar-refractivity contribution in [2.75, 3.05) is 0 Å². The summed E-state index contributed by atoms with van der Waals surface area (Å²) in [6, 6.07) is 15.6. The van der Waals surface area contributed by atoms with Crippen molar-refractivity contribution in [1.29, 1.82) is 0 Å². The summed E-state index contributed by atoms with van der Waals surface area (Å²) in [6.07, 6.45) is 1.51. The molecule has 4 aromatic rings. The van der Waals surface area contributed by atoms with E-state index in [9.17, 15) is 4.79 Å². The molecule has 0 saturated carbocycles. The van der Waals surface area contributed by atoms with Gasteiger partial charge in [-0.2, -0.15) is 5.10 Å². The van der Waals surface area contributed by atoms with Gasteiger partial charge in [-0.05, 0) is 43.7 Å². The summed E-state index contributed by atoms with van der Waals surface area (Å²) < 4.78 is 1.85. The molecule has 1 N–H and O–H groups in total. The Labute approximate surface area is 166 Å². The number of benzene rings is 2. The highest BCUT2D eigenvalue weighted by molar-refractivity contribution is 6.32. The normalized spacial score (nSPS) is 11.5. The molecule has 6 nitrogen and oxygen atoms in total. The van der Waals surface area contributed by atoms with Crippen LogP contribution in [0, 0.1) is 13.8 Å². The molecule has 0 aliphatic carbocycles. The van der Waals surface area contributed by atoms with E-state index in [-0.39, 0.29) is 12.5 Å². The first kappa shape index (κ1) is 18.1. The average Bonchev–Trinajstić information content (AvgIpc) is 2.98. The molecule has 1 amide bonds. The molecule has 0 saturated heterocycles. The minimum atomic E-state index is -0.247. The minimum absolute atomic E-state index is 0.132. The van der Waals surface area contributed by atoms with Crippen LogP contribution in [-0.4, -0.2) is 26.7 Å². The number of carbonyl (C=O) groups is 1. The van der Waals surface area contributed by atoms with Crippen LogP contribution in [0.15, 0.2) is 53.6 Å². The standard InChI is InChI=1S/C21H18ClN5O/c1-13-7-8-15-10-16(21(22)25-18(15)9-13)11-23-26-20(28)12-27-14(2)24-17-5-3-4-6-19(17)27/h3-11H,12H2,1-2H3,(H,26,28)/b23-11+. The number of rotatable bonds is 4. The van der Waals surface area contributed by atoms with Gasteiger partial charge in [0.1, 0.15) is 17.5 Å². The second-order valence-electron chi connectivity index (χ2n) is 6.59. The van der Waals surface area contributed by atoms with E-state index in [1.165, 1.54) is 6.21 Å². The third-order valence-electron chi connectivity index (χ3n) is 4.49. The molecular weight excluding hydrogens is 374 g/mol. The van der Waals surface area contributed by atoms with Gasteiger partial charge in [-0.25, -0.2) is 15.4 Å². The summed E-state index contributed by atoms with van der Waals surface area (Å²) in [7, 11) is 0. The van der Waals surface area contributed by atoms with E-state index in [1.54, 1.807) is 0 Å². The van der Waals surface area contributed by atoms with Crippen molar-refractivity contribution in [2.45, 2.75) is 20.4 Å². The maximum absolute atomic E-state index is 12.3. The van der Waals surface area contributed by atoms with E-state index in [1.807, 2.05) is 66.9 Å². The maximum atomic E-state index is 12.3. The summed E-state index contributed by atoms with van der Waals surface area (Å²) >= 11 is 6.24. The van der Waals surface area contributed by atoms with Gasteiger partial charge in [-0.15, -0.1) is 0 Å². The molecule has 0 bridgehead atoms. The van der Waals surface area contributed by atoms with Gasteiger partial charge in [0.2, 0.25) is 0 Å². The van der Waals surface area contributed by atoms with E-state index >= 15 is 0 Å². The van der Waals surface area contributed by atoms with Crippen molar-refractivity contribution in [3.63, 3.8) is 0 Å². The molecule has 2 heterocycles.